The van der Waals surface area contributed by atoms with E-state index in [0.29, 0.717) is 11.3 Å². The second-order valence-corrected chi connectivity index (χ2v) is 6.27. The Kier molecular flexibility index (Phi) is 4.80. The first-order chi connectivity index (χ1) is 12.0. The number of nitrogens with zero attached hydrogens (tertiary/aromatic N) is 1. The zero-order valence-electron chi connectivity index (χ0n) is 13.8. The molecule has 1 aliphatic carbocycles. The van der Waals surface area contributed by atoms with Crippen molar-refractivity contribution in [1.29, 1.82) is 0 Å². The molecule has 7 nitrogen and oxygen atoms in total. The number of halogens is 1. The maximum Gasteiger partial charge on any atom is 0.287 e. The first-order valence-corrected chi connectivity index (χ1v) is 8.00. The smallest absolute Gasteiger partial charge is 0.287 e. The van der Waals surface area contributed by atoms with E-state index < -0.39 is 11.8 Å². The maximum atomic E-state index is 12.9. The van der Waals surface area contributed by atoms with Crippen LogP contribution in [0.25, 0.3) is 11.3 Å². The molecule has 0 saturated heterocycles. The van der Waals surface area contributed by atoms with Gasteiger partial charge in [-0.1, -0.05) is 0 Å². The SMILES string of the molecule is CC1(OCC(=O)NNC(=O)c2cc(-c3ccc(F)cc3)n[nH]2)CCC1. The fourth-order valence-corrected chi connectivity index (χ4v) is 2.50. The lowest BCUT2D eigenvalue weighted by molar-refractivity contribution is -0.139. The molecule has 25 heavy (non-hydrogen) atoms. The minimum absolute atomic E-state index is 0.111. The van der Waals surface area contributed by atoms with Gasteiger partial charge in [0.15, 0.2) is 0 Å². The number of hydrazine groups is 1. The summed E-state index contributed by atoms with van der Waals surface area (Å²) in [5, 5.41) is 6.58. The molecule has 1 heterocycles. The first-order valence-electron chi connectivity index (χ1n) is 8.00. The van der Waals surface area contributed by atoms with Crippen LogP contribution in [0.1, 0.15) is 36.7 Å². The number of amides is 2. The zero-order valence-corrected chi connectivity index (χ0v) is 13.8. The van der Waals surface area contributed by atoms with Crippen LogP contribution in [-0.4, -0.2) is 34.2 Å². The van der Waals surface area contributed by atoms with E-state index in [1.807, 2.05) is 6.92 Å². The van der Waals surface area contributed by atoms with Gasteiger partial charge < -0.3 is 4.74 Å². The topological polar surface area (TPSA) is 96.1 Å². The summed E-state index contributed by atoms with van der Waals surface area (Å²) in [5.41, 5.74) is 5.71. The largest absolute Gasteiger partial charge is 0.365 e. The van der Waals surface area contributed by atoms with Gasteiger partial charge in [0, 0.05) is 5.56 Å². The van der Waals surface area contributed by atoms with E-state index in [1.54, 1.807) is 12.1 Å². The average molecular weight is 346 g/mol. The molecule has 8 heteroatoms. The highest BCUT2D eigenvalue weighted by atomic mass is 19.1. The molecule has 1 fully saturated rings. The van der Waals surface area contributed by atoms with Crippen molar-refractivity contribution in [2.24, 2.45) is 0 Å². The Labute approximate surface area is 143 Å². The molecule has 0 unspecified atom stereocenters. The van der Waals surface area contributed by atoms with Crippen molar-refractivity contribution >= 4 is 11.8 Å². The molecule has 2 aromatic rings. The Morgan fingerprint density at radius 1 is 1.28 bits per heavy atom. The van der Waals surface area contributed by atoms with Gasteiger partial charge in [0.1, 0.15) is 18.1 Å². The summed E-state index contributed by atoms with van der Waals surface area (Å²) in [4.78, 5) is 23.7. The fourth-order valence-electron chi connectivity index (χ4n) is 2.50. The summed E-state index contributed by atoms with van der Waals surface area (Å²) in [6, 6.07) is 7.26. The van der Waals surface area contributed by atoms with Crippen LogP contribution in [0.2, 0.25) is 0 Å². The van der Waals surface area contributed by atoms with Gasteiger partial charge in [-0.3, -0.25) is 25.5 Å². The average Bonchev–Trinajstić information content (AvgIpc) is 3.07. The van der Waals surface area contributed by atoms with Crippen molar-refractivity contribution in [1.82, 2.24) is 21.0 Å². The molecular formula is C17H19FN4O3. The molecule has 132 valence electrons. The Morgan fingerprint density at radius 3 is 2.64 bits per heavy atom. The normalized spacial score (nSPS) is 15.3. The van der Waals surface area contributed by atoms with Gasteiger partial charge in [-0.25, -0.2) is 4.39 Å². The third-order valence-corrected chi connectivity index (χ3v) is 4.24. The third kappa shape index (κ3) is 4.21. The van der Waals surface area contributed by atoms with Crippen molar-refractivity contribution in [2.75, 3.05) is 6.61 Å². The number of benzene rings is 1. The lowest BCUT2D eigenvalue weighted by Crippen LogP contribution is -2.46. The number of aromatic amines is 1. The van der Waals surface area contributed by atoms with Crippen LogP contribution >= 0.6 is 0 Å². The summed E-state index contributed by atoms with van der Waals surface area (Å²) >= 11 is 0. The summed E-state index contributed by atoms with van der Waals surface area (Å²) in [6.45, 7) is 1.85. The molecule has 0 spiro atoms. The summed E-state index contributed by atoms with van der Waals surface area (Å²) in [6.07, 6.45) is 2.98. The van der Waals surface area contributed by atoms with Gasteiger partial charge in [-0.2, -0.15) is 5.10 Å². The number of carbonyl (C=O) groups excluding carboxylic acids is 2. The fraction of sp³-hybridized carbons (Fsp3) is 0.353. The molecule has 0 radical (unpaired) electrons. The van der Waals surface area contributed by atoms with E-state index in [0.717, 1.165) is 19.3 Å². The monoisotopic (exact) mass is 346 g/mol. The first kappa shape index (κ1) is 17.1. The van der Waals surface area contributed by atoms with Gasteiger partial charge in [0.2, 0.25) is 0 Å². The van der Waals surface area contributed by atoms with Gasteiger partial charge in [-0.05, 0) is 56.5 Å². The lowest BCUT2D eigenvalue weighted by Gasteiger charge is -2.37. The molecule has 1 aliphatic rings. The Morgan fingerprint density at radius 2 is 2.00 bits per heavy atom. The number of ether oxygens (including phenoxy) is 1. The van der Waals surface area contributed by atoms with E-state index >= 15 is 0 Å². The summed E-state index contributed by atoms with van der Waals surface area (Å²) < 4.78 is 18.5. The number of hydrogen-bond donors (Lipinski definition) is 3. The van der Waals surface area contributed by atoms with Crippen molar-refractivity contribution in [3.63, 3.8) is 0 Å². The summed E-state index contributed by atoms with van der Waals surface area (Å²) in [5.74, 6) is -1.32. The minimum Gasteiger partial charge on any atom is -0.365 e. The van der Waals surface area contributed by atoms with Crippen molar-refractivity contribution in [3.8, 4) is 11.3 Å². The number of carbonyl (C=O) groups is 2. The molecule has 2 amide bonds. The lowest BCUT2D eigenvalue weighted by atomic mass is 9.82. The third-order valence-electron chi connectivity index (χ3n) is 4.24. The van der Waals surface area contributed by atoms with E-state index in [4.69, 9.17) is 4.74 Å². The maximum absolute atomic E-state index is 12.9. The van der Waals surface area contributed by atoms with E-state index in [1.165, 1.54) is 18.2 Å². The van der Waals surface area contributed by atoms with E-state index in [9.17, 15) is 14.0 Å². The number of rotatable bonds is 5. The number of hydrogen-bond acceptors (Lipinski definition) is 4. The summed E-state index contributed by atoms with van der Waals surface area (Å²) in [7, 11) is 0. The molecule has 0 bridgehead atoms. The molecule has 1 aromatic heterocycles. The Balaban J connectivity index is 1.50. The standard InChI is InChI=1S/C17H19FN4O3/c1-17(7-2-8-17)25-10-15(23)21-22-16(24)14-9-13(19-20-14)11-3-5-12(18)6-4-11/h3-6,9H,2,7-8,10H2,1H3,(H,19,20)(H,21,23)(H,22,24). The Bertz CT molecular complexity index is 768. The van der Waals surface area contributed by atoms with Crippen LogP contribution in [-0.2, 0) is 9.53 Å². The highest BCUT2D eigenvalue weighted by molar-refractivity contribution is 5.94. The van der Waals surface area contributed by atoms with Gasteiger partial charge >= 0.3 is 0 Å². The van der Waals surface area contributed by atoms with E-state index in [2.05, 4.69) is 21.0 Å². The highest BCUT2D eigenvalue weighted by Gasteiger charge is 2.33. The molecule has 0 aliphatic heterocycles. The van der Waals surface area contributed by atoms with Crippen molar-refractivity contribution in [3.05, 3.63) is 41.8 Å². The van der Waals surface area contributed by atoms with Crippen LogP contribution in [0.3, 0.4) is 0 Å². The zero-order chi connectivity index (χ0) is 17.9. The van der Waals surface area contributed by atoms with Crippen LogP contribution in [0.5, 0.6) is 0 Å². The molecule has 1 aromatic carbocycles. The highest BCUT2D eigenvalue weighted by Crippen LogP contribution is 2.34. The number of aromatic nitrogens is 2. The van der Waals surface area contributed by atoms with Crippen LogP contribution in [0.15, 0.2) is 30.3 Å². The van der Waals surface area contributed by atoms with E-state index in [-0.39, 0.29) is 23.7 Å². The van der Waals surface area contributed by atoms with Gasteiger partial charge in [-0.15, -0.1) is 0 Å². The van der Waals surface area contributed by atoms with Gasteiger partial charge in [0.25, 0.3) is 11.8 Å². The molecule has 3 N–H and O–H groups in total. The van der Waals surface area contributed by atoms with Crippen molar-refractivity contribution in [2.45, 2.75) is 31.8 Å². The molecule has 0 atom stereocenters. The number of H-pyrrole nitrogens is 1. The van der Waals surface area contributed by atoms with Crippen LogP contribution in [0.4, 0.5) is 4.39 Å². The quantitative estimate of drug-likeness (QED) is 0.721. The predicted octanol–water partition coefficient (Wildman–Crippen LogP) is 1.94. The van der Waals surface area contributed by atoms with Crippen LogP contribution in [0, 0.1) is 5.82 Å². The minimum atomic E-state index is -0.538. The second kappa shape index (κ2) is 7.02. The molecule has 3 rings (SSSR count). The van der Waals surface area contributed by atoms with Crippen LogP contribution < -0.4 is 10.9 Å². The number of nitrogens with one attached hydrogen (secondary N) is 3. The molecular weight excluding hydrogens is 327 g/mol. The second-order valence-electron chi connectivity index (χ2n) is 6.27. The molecule has 1 saturated carbocycles. The van der Waals surface area contributed by atoms with Gasteiger partial charge in [0.05, 0.1) is 11.3 Å². The van der Waals surface area contributed by atoms with Crippen molar-refractivity contribution < 1.29 is 18.7 Å². The Hall–Kier alpha value is -2.74. The predicted molar refractivity (Wildman–Crippen MR) is 87.8 cm³/mol.